The first-order valence-electron chi connectivity index (χ1n) is 18.0. The molecule has 0 bridgehead atoms. The average Bonchev–Trinajstić information content (AvgIpc) is 3.52. The van der Waals surface area contributed by atoms with Crippen molar-refractivity contribution in [1.82, 2.24) is 4.98 Å². The van der Waals surface area contributed by atoms with Crippen LogP contribution in [0.25, 0.3) is 21.8 Å². The van der Waals surface area contributed by atoms with Gasteiger partial charge in [0.1, 0.15) is 0 Å². The van der Waals surface area contributed by atoms with E-state index in [1.54, 1.807) is 0 Å². The monoisotopic (exact) mass is 929 g/mol. The fourth-order valence-corrected chi connectivity index (χ4v) is 11.3. The number of benzene rings is 6. The van der Waals surface area contributed by atoms with Crippen molar-refractivity contribution in [1.29, 1.82) is 0 Å². The van der Waals surface area contributed by atoms with Crippen LogP contribution >= 0.6 is 50.6 Å². The van der Waals surface area contributed by atoms with E-state index in [1.807, 2.05) is 0 Å². The molecule has 1 heterocycles. The van der Waals surface area contributed by atoms with Crippen molar-refractivity contribution in [2.24, 2.45) is 0 Å². The molecular weight excluding hydrogens is 885 g/mol. The van der Waals surface area contributed by atoms with Gasteiger partial charge in [-0.05, 0) is 82.1 Å². The van der Waals surface area contributed by atoms with Gasteiger partial charge in [0, 0.05) is 0 Å². The Morgan fingerprint density at radius 1 is 0.473 bits per heavy atom. The van der Waals surface area contributed by atoms with Crippen molar-refractivity contribution in [2.45, 2.75) is 69.0 Å². The van der Waals surface area contributed by atoms with Gasteiger partial charge in [-0.1, -0.05) is 233 Å². The standard InChI is InChI=1S/C46H46NP2.CHCl3.BrH.Ni/c1-45(2,3)35-27-33(31-48(37-19-11-7-12-20-37)38-21-13-8-14-22-38)43-41(29-35)42-30-36(46(4,5)6)28-34(44(42)47-43)32-49(39-23-15-9-16-24-39)40-25-17-10-18-26-40;2-1(3)4;;/h7-30H,31-32H2,1-6H3;1H;1H;/q-1;;;+2/p-1. The summed E-state index contributed by atoms with van der Waals surface area (Å²) in [6.07, 6.45) is 1.91. The predicted molar refractivity (Wildman–Crippen MR) is 239 cm³/mol. The molecule has 0 saturated carbocycles. The van der Waals surface area contributed by atoms with Crippen molar-refractivity contribution in [2.75, 3.05) is 0 Å². The summed E-state index contributed by atoms with van der Waals surface area (Å²) in [5.74, 6) is 0. The van der Waals surface area contributed by atoms with Crippen LogP contribution in [0.1, 0.15) is 63.8 Å². The summed E-state index contributed by atoms with van der Waals surface area (Å²) >= 11 is 14.4. The molecule has 0 unspecified atom stereocenters. The van der Waals surface area contributed by atoms with Crippen molar-refractivity contribution in [3.05, 3.63) is 168 Å². The van der Waals surface area contributed by atoms with Gasteiger partial charge in [0.25, 0.3) is 0 Å². The summed E-state index contributed by atoms with van der Waals surface area (Å²) in [7, 11) is -1.24. The molecule has 0 radical (unpaired) electrons. The van der Waals surface area contributed by atoms with E-state index < -0.39 is 20.1 Å². The second kappa shape index (κ2) is 20.0. The number of rotatable bonds is 8. The second-order valence-corrected chi connectivity index (χ2v) is 21.8. The van der Waals surface area contributed by atoms with Gasteiger partial charge in [-0.25, -0.2) is 0 Å². The molecule has 0 amide bonds. The van der Waals surface area contributed by atoms with Crippen molar-refractivity contribution in [3.8, 4) is 0 Å². The Labute approximate surface area is 366 Å². The Morgan fingerprint density at radius 2 is 0.727 bits per heavy atom. The SMILES string of the molecule is CC(C)(C)c1cc(CP(c2ccccc2)c2ccccc2)c2[n-]c3c(CP(c4ccccc4)c4ccccc4)cc(C(C)(C)C)cc3c2c1.ClC(Cl)Cl.[Br-].[Ni+2]. The number of hydrogen-bond donors (Lipinski definition) is 0. The van der Waals surface area contributed by atoms with Gasteiger partial charge in [-0.3, -0.25) is 0 Å². The summed E-state index contributed by atoms with van der Waals surface area (Å²) in [4.78, 5) is 5.66. The maximum Gasteiger partial charge on any atom is 2.00 e. The van der Waals surface area contributed by atoms with E-state index in [0.29, 0.717) is 0 Å². The molecule has 0 fully saturated rings. The molecule has 0 saturated heterocycles. The molecule has 6 aromatic carbocycles. The van der Waals surface area contributed by atoms with Crippen LogP contribution in [-0.2, 0) is 39.6 Å². The molecule has 7 rings (SSSR count). The van der Waals surface area contributed by atoms with E-state index in [1.165, 1.54) is 65.3 Å². The fourth-order valence-electron chi connectivity index (χ4n) is 6.72. The Bertz CT molecular complexity index is 2010. The van der Waals surface area contributed by atoms with Gasteiger partial charge in [0.05, 0.1) is 0 Å². The van der Waals surface area contributed by atoms with E-state index in [4.69, 9.17) is 39.8 Å². The zero-order valence-electron chi connectivity index (χ0n) is 32.0. The van der Waals surface area contributed by atoms with E-state index >= 15 is 0 Å². The Hall–Kier alpha value is -2.18. The largest absolute Gasteiger partial charge is 2.00 e. The first-order chi connectivity index (χ1) is 25.3. The second-order valence-electron chi connectivity index (χ2n) is 15.4. The average molecular weight is 933 g/mol. The molecule has 1 nitrogen and oxygen atoms in total. The van der Waals surface area contributed by atoms with E-state index in [2.05, 4.69) is 187 Å². The first kappa shape index (κ1) is 45.5. The zero-order valence-corrected chi connectivity index (χ0v) is 38.6. The van der Waals surface area contributed by atoms with Crippen molar-refractivity contribution in [3.63, 3.8) is 0 Å². The van der Waals surface area contributed by atoms with Crippen LogP contribution in [-0.4, -0.2) is 4.30 Å². The van der Waals surface area contributed by atoms with Gasteiger partial charge in [0.15, 0.2) is 4.30 Å². The van der Waals surface area contributed by atoms with Crippen LogP contribution in [0, 0.1) is 0 Å². The minimum absolute atomic E-state index is 0. The zero-order chi connectivity index (χ0) is 37.8. The van der Waals surface area contributed by atoms with Gasteiger partial charge < -0.3 is 22.0 Å². The summed E-state index contributed by atoms with van der Waals surface area (Å²) in [6.45, 7) is 14.0. The van der Waals surface area contributed by atoms with Crippen molar-refractivity contribution >= 4 is 93.7 Å². The molecular formula is C47H47BrCl3NNiP2. The van der Waals surface area contributed by atoms with Crippen LogP contribution in [0.15, 0.2) is 146 Å². The minimum Gasteiger partial charge on any atom is -1.00 e. The van der Waals surface area contributed by atoms with Crippen LogP contribution in [0.5, 0.6) is 0 Å². The molecule has 288 valence electrons. The molecule has 8 heteroatoms. The molecule has 0 atom stereocenters. The third kappa shape index (κ3) is 11.5. The molecule has 0 spiro atoms. The third-order valence-corrected chi connectivity index (χ3v) is 14.6. The number of fused-ring (bicyclic) bond motifs is 3. The maximum absolute atomic E-state index is 5.66. The van der Waals surface area contributed by atoms with Crippen LogP contribution in [0.2, 0.25) is 0 Å². The molecule has 55 heavy (non-hydrogen) atoms. The van der Waals surface area contributed by atoms with E-state index in [9.17, 15) is 0 Å². The van der Waals surface area contributed by atoms with Crippen LogP contribution in [0.4, 0.5) is 0 Å². The maximum atomic E-state index is 5.66. The number of halogens is 4. The normalized spacial score (nSPS) is 11.7. The molecule has 0 aliphatic heterocycles. The van der Waals surface area contributed by atoms with Gasteiger partial charge in [-0.2, -0.15) is 0 Å². The first-order valence-corrected chi connectivity index (χ1v) is 22.4. The quantitative estimate of drug-likeness (QED) is 0.0842. The summed E-state index contributed by atoms with van der Waals surface area (Å²) < 4.78 is -0.750. The molecule has 0 N–H and O–H groups in total. The predicted octanol–water partition coefficient (Wildman–Crippen LogP) is 9.80. The summed E-state index contributed by atoms with van der Waals surface area (Å²) in [6, 6.07) is 54.3. The smallest absolute Gasteiger partial charge is 1.00 e. The van der Waals surface area contributed by atoms with Gasteiger partial charge in [0.2, 0.25) is 0 Å². The van der Waals surface area contributed by atoms with Crippen LogP contribution in [0.3, 0.4) is 0 Å². The Balaban J connectivity index is 0.00000107. The fraction of sp³-hybridized carbons (Fsp3) is 0.234. The van der Waals surface area contributed by atoms with Crippen LogP contribution < -0.4 is 43.2 Å². The topological polar surface area (TPSA) is 14.1 Å². The van der Waals surface area contributed by atoms with Gasteiger partial charge in [-0.15, -0.1) is 11.0 Å². The van der Waals surface area contributed by atoms with E-state index in [-0.39, 0.29) is 44.3 Å². The van der Waals surface area contributed by atoms with E-state index in [0.717, 1.165) is 12.3 Å². The Kier molecular flexibility index (Phi) is 16.5. The molecule has 0 aliphatic rings. The number of aromatic nitrogens is 1. The van der Waals surface area contributed by atoms with Gasteiger partial charge >= 0.3 is 16.5 Å². The number of hydrogen-bond acceptors (Lipinski definition) is 0. The molecule has 0 aliphatic carbocycles. The number of nitrogens with zero attached hydrogens (tertiary/aromatic N) is 1. The number of alkyl halides is 3. The third-order valence-electron chi connectivity index (χ3n) is 9.55. The summed E-state index contributed by atoms with van der Waals surface area (Å²) in [5, 5.41) is 8.21. The Morgan fingerprint density at radius 3 is 0.964 bits per heavy atom. The molecule has 7 aromatic rings. The van der Waals surface area contributed by atoms with Crippen molar-refractivity contribution < 1.29 is 33.5 Å². The summed E-state index contributed by atoms with van der Waals surface area (Å²) in [5.41, 5.74) is 7.81. The molecule has 1 aromatic heterocycles. The minimum atomic E-state index is -0.750.